The van der Waals surface area contributed by atoms with E-state index >= 15 is 0 Å². The molecule has 0 bridgehead atoms. The first-order valence-corrected chi connectivity index (χ1v) is 19.2. The van der Waals surface area contributed by atoms with Crippen LogP contribution in [0.1, 0.15) is 45.4 Å². The summed E-state index contributed by atoms with van der Waals surface area (Å²) in [5, 5.41) is 11.0. The first-order chi connectivity index (χ1) is 26.2. The number of carbonyl (C=O) groups excluding carboxylic acids is 1. The highest BCUT2D eigenvalue weighted by molar-refractivity contribution is 5.77. The fourth-order valence-electron chi connectivity index (χ4n) is 4.05. The third-order valence-electron chi connectivity index (χ3n) is 6.76. The van der Waals surface area contributed by atoms with Crippen LogP contribution in [-0.4, -0.2) is 195 Å². The predicted octanol–water partition coefficient (Wildman–Crippen LogP) is 1.76. The fourth-order valence-corrected chi connectivity index (χ4v) is 4.05. The molecule has 17 nitrogen and oxygen atoms in total. The van der Waals surface area contributed by atoms with Crippen molar-refractivity contribution in [3.63, 3.8) is 0 Å². The molecule has 0 aromatic rings. The highest BCUT2D eigenvalue weighted by atomic mass is 16.6. The van der Waals surface area contributed by atoms with Crippen LogP contribution in [0.2, 0.25) is 0 Å². The maximum absolute atomic E-state index is 11.4. The number of ether oxygens (including phenoxy) is 13. The summed E-state index contributed by atoms with van der Waals surface area (Å²) in [6, 6.07) is 0. The Morgan fingerprint density at radius 1 is 0.358 bits per heavy atom. The average Bonchev–Trinajstić information content (AvgIpc) is 3.15. The van der Waals surface area contributed by atoms with Crippen molar-refractivity contribution in [3.8, 4) is 0 Å². The number of nitrogens with one attached hydrogen (secondary N) is 1. The molecule has 0 aliphatic heterocycles. The summed E-state index contributed by atoms with van der Waals surface area (Å²) >= 11 is 0. The standard InChI is InChI=1S/C36H71NO16/c1-2-3-4-5-6-7-9-41-11-13-43-15-17-45-19-21-47-23-25-49-27-29-51-31-32-52-30-28-50-26-24-48-22-20-46-18-16-44-14-12-42-10-8-37-35(38)33-53-34-36(39)40/h2-34H2,1H3,(H,37,38)(H,39,40). The maximum atomic E-state index is 11.4. The second-order valence-electron chi connectivity index (χ2n) is 11.4. The van der Waals surface area contributed by atoms with Crippen LogP contribution < -0.4 is 5.32 Å². The zero-order valence-electron chi connectivity index (χ0n) is 32.4. The van der Waals surface area contributed by atoms with E-state index in [4.69, 9.17) is 61.9 Å². The monoisotopic (exact) mass is 773 g/mol. The third-order valence-corrected chi connectivity index (χ3v) is 6.76. The maximum Gasteiger partial charge on any atom is 0.329 e. The van der Waals surface area contributed by atoms with Gasteiger partial charge in [0.2, 0.25) is 5.91 Å². The lowest BCUT2D eigenvalue weighted by molar-refractivity contribution is -0.143. The molecule has 0 saturated heterocycles. The Labute approximate surface area is 317 Å². The van der Waals surface area contributed by atoms with Gasteiger partial charge in [0.1, 0.15) is 13.2 Å². The van der Waals surface area contributed by atoms with Crippen LogP contribution in [-0.2, 0) is 71.2 Å². The van der Waals surface area contributed by atoms with Crippen LogP contribution in [0.25, 0.3) is 0 Å². The molecule has 2 N–H and O–H groups in total. The largest absolute Gasteiger partial charge is 0.480 e. The highest BCUT2D eigenvalue weighted by Crippen LogP contribution is 2.04. The lowest BCUT2D eigenvalue weighted by Crippen LogP contribution is -2.31. The average molecular weight is 774 g/mol. The van der Waals surface area contributed by atoms with Crippen molar-refractivity contribution < 1.29 is 76.3 Å². The van der Waals surface area contributed by atoms with Crippen LogP contribution >= 0.6 is 0 Å². The van der Waals surface area contributed by atoms with Crippen LogP contribution in [0.4, 0.5) is 0 Å². The van der Waals surface area contributed by atoms with Crippen LogP contribution in [0.3, 0.4) is 0 Å². The van der Waals surface area contributed by atoms with Crippen molar-refractivity contribution in [2.45, 2.75) is 45.4 Å². The molecule has 0 unspecified atom stereocenters. The molecule has 0 fully saturated rings. The van der Waals surface area contributed by atoms with Gasteiger partial charge in [-0.1, -0.05) is 39.0 Å². The Morgan fingerprint density at radius 2 is 0.642 bits per heavy atom. The lowest BCUT2D eigenvalue weighted by Gasteiger charge is -2.09. The molecule has 316 valence electrons. The molecule has 0 radical (unpaired) electrons. The van der Waals surface area contributed by atoms with Gasteiger partial charge < -0.3 is 72.0 Å². The van der Waals surface area contributed by atoms with Gasteiger partial charge in [0.25, 0.3) is 0 Å². The molecule has 0 rings (SSSR count). The lowest BCUT2D eigenvalue weighted by atomic mass is 10.1. The Kier molecular flexibility index (Phi) is 45.2. The molecular formula is C36H71NO16. The summed E-state index contributed by atoms with van der Waals surface area (Å²) in [4.78, 5) is 21.7. The van der Waals surface area contributed by atoms with Gasteiger partial charge in [0, 0.05) is 13.2 Å². The smallest absolute Gasteiger partial charge is 0.329 e. The number of carbonyl (C=O) groups is 2. The van der Waals surface area contributed by atoms with Crippen molar-refractivity contribution in [2.75, 3.05) is 178 Å². The quantitative estimate of drug-likeness (QED) is 0.0852. The molecule has 0 spiro atoms. The van der Waals surface area contributed by atoms with Crippen LogP contribution in [0.15, 0.2) is 0 Å². The minimum Gasteiger partial charge on any atom is -0.480 e. The predicted molar refractivity (Wildman–Crippen MR) is 195 cm³/mol. The first-order valence-electron chi connectivity index (χ1n) is 19.2. The second kappa shape index (κ2) is 46.6. The molecule has 0 aliphatic carbocycles. The van der Waals surface area contributed by atoms with Gasteiger partial charge in [-0.05, 0) is 6.42 Å². The topological polar surface area (TPSA) is 186 Å². The van der Waals surface area contributed by atoms with E-state index in [0.29, 0.717) is 159 Å². The zero-order valence-corrected chi connectivity index (χ0v) is 32.4. The number of carboxylic acids is 1. The summed E-state index contributed by atoms with van der Waals surface area (Å²) < 4.78 is 70.3. The summed E-state index contributed by atoms with van der Waals surface area (Å²) in [6.45, 7) is 13.7. The summed E-state index contributed by atoms with van der Waals surface area (Å²) in [5.74, 6) is -1.52. The van der Waals surface area contributed by atoms with E-state index in [1.165, 1.54) is 32.1 Å². The molecule has 0 aliphatic rings. The van der Waals surface area contributed by atoms with E-state index in [1.54, 1.807) is 0 Å². The van der Waals surface area contributed by atoms with Gasteiger partial charge in [0.05, 0.1) is 152 Å². The van der Waals surface area contributed by atoms with Gasteiger partial charge in [-0.25, -0.2) is 4.79 Å². The van der Waals surface area contributed by atoms with Gasteiger partial charge >= 0.3 is 5.97 Å². The zero-order chi connectivity index (χ0) is 38.4. The number of rotatable bonds is 47. The van der Waals surface area contributed by atoms with Gasteiger partial charge in [-0.2, -0.15) is 0 Å². The van der Waals surface area contributed by atoms with Gasteiger partial charge in [0.15, 0.2) is 0 Å². The third kappa shape index (κ3) is 48.4. The molecule has 0 aromatic carbocycles. The summed E-state index contributed by atoms with van der Waals surface area (Å²) in [5.41, 5.74) is 0. The van der Waals surface area contributed by atoms with E-state index in [0.717, 1.165) is 13.0 Å². The molecular weight excluding hydrogens is 702 g/mol. The van der Waals surface area contributed by atoms with Crippen molar-refractivity contribution in [3.05, 3.63) is 0 Å². The minimum atomic E-state index is -1.12. The minimum absolute atomic E-state index is 0.300. The number of hydrogen-bond donors (Lipinski definition) is 2. The summed E-state index contributed by atoms with van der Waals surface area (Å²) in [7, 11) is 0. The Hall–Kier alpha value is -1.58. The van der Waals surface area contributed by atoms with E-state index in [2.05, 4.69) is 17.0 Å². The molecule has 0 heterocycles. The molecule has 0 atom stereocenters. The Morgan fingerprint density at radius 3 is 0.962 bits per heavy atom. The Bertz CT molecular complexity index is 740. The van der Waals surface area contributed by atoms with Crippen molar-refractivity contribution in [1.29, 1.82) is 0 Å². The fraction of sp³-hybridized carbons (Fsp3) is 0.944. The van der Waals surface area contributed by atoms with Crippen LogP contribution in [0, 0.1) is 0 Å². The number of unbranched alkanes of at least 4 members (excludes halogenated alkanes) is 5. The van der Waals surface area contributed by atoms with Crippen molar-refractivity contribution in [1.82, 2.24) is 5.32 Å². The summed E-state index contributed by atoms with van der Waals surface area (Å²) in [6.07, 6.45) is 7.64. The molecule has 17 heteroatoms. The number of aliphatic carboxylic acids is 1. The van der Waals surface area contributed by atoms with Crippen molar-refractivity contribution in [2.24, 2.45) is 0 Å². The van der Waals surface area contributed by atoms with Gasteiger partial charge in [-0.3, -0.25) is 4.79 Å². The Balaban J connectivity index is 3.08. The van der Waals surface area contributed by atoms with Crippen molar-refractivity contribution >= 4 is 11.9 Å². The van der Waals surface area contributed by atoms with E-state index in [9.17, 15) is 9.59 Å². The normalized spacial score (nSPS) is 11.4. The number of amides is 1. The second-order valence-corrected chi connectivity index (χ2v) is 11.4. The number of carboxylic acid groups (broad SMARTS) is 1. The highest BCUT2D eigenvalue weighted by Gasteiger charge is 2.03. The molecule has 0 saturated carbocycles. The SMILES string of the molecule is CCCCCCCCOCCOCCOCCOCCOCCOCCOCCOCCOCCOCCOCCOCCNC(=O)COCC(=O)O. The van der Waals surface area contributed by atoms with E-state index in [1.807, 2.05) is 0 Å². The van der Waals surface area contributed by atoms with Gasteiger partial charge in [-0.15, -0.1) is 0 Å². The molecule has 53 heavy (non-hydrogen) atoms. The van der Waals surface area contributed by atoms with Crippen LogP contribution in [0.5, 0.6) is 0 Å². The number of hydrogen-bond acceptors (Lipinski definition) is 15. The van der Waals surface area contributed by atoms with E-state index in [-0.39, 0.29) is 6.61 Å². The molecule has 1 amide bonds. The first kappa shape index (κ1) is 51.4. The van der Waals surface area contributed by atoms with E-state index < -0.39 is 18.5 Å². The molecule has 0 aromatic heterocycles.